The zero-order chi connectivity index (χ0) is 19.2. The molecule has 0 spiro atoms. The van der Waals surface area contributed by atoms with Gasteiger partial charge in [-0.1, -0.05) is 31.2 Å². The summed E-state index contributed by atoms with van der Waals surface area (Å²) in [6.07, 6.45) is 6.52. The molecular weight excluding hydrogens is 340 g/mol. The van der Waals surface area contributed by atoms with Gasteiger partial charge in [-0.2, -0.15) is 0 Å². The highest BCUT2D eigenvalue weighted by molar-refractivity contribution is 5.79. The minimum atomic E-state index is 0.0126. The molecule has 0 bridgehead atoms. The number of anilines is 1. The second-order valence-corrected chi connectivity index (χ2v) is 6.92. The van der Waals surface area contributed by atoms with Gasteiger partial charge in [0.1, 0.15) is 5.69 Å². The lowest BCUT2D eigenvalue weighted by molar-refractivity contribution is -0.121. The number of benzene rings is 1. The molecule has 1 saturated heterocycles. The SMILES string of the molecule is C#Cc1ccc(N2CC[C@H](NC(=O)Cc3ccc(C(C)CO)cc3)C2)nn1. The van der Waals surface area contributed by atoms with E-state index in [-0.39, 0.29) is 24.5 Å². The van der Waals surface area contributed by atoms with E-state index in [4.69, 9.17) is 6.42 Å². The first kappa shape index (κ1) is 18.9. The van der Waals surface area contributed by atoms with Crippen molar-refractivity contribution in [3.63, 3.8) is 0 Å². The Balaban J connectivity index is 1.50. The molecule has 2 aromatic rings. The number of rotatable bonds is 6. The van der Waals surface area contributed by atoms with Gasteiger partial charge in [0.25, 0.3) is 0 Å². The highest BCUT2D eigenvalue weighted by atomic mass is 16.3. The zero-order valence-corrected chi connectivity index (χ0v) is 15.4. The van der Waals surface area contributed by atoms with Crippen molar-refractivity contribution in [1.29, 1.82) is 0 Å². The predicted molar refractivity (Wildman–Crippen MR) is 104 cm³/mol. The molecule has 2 atom stereocenters. The first-order chi connectivity index (χ1) is 13.1. The summed E-state index contributed by atoms with van der Waals surface area (Å²) >= 11 is 0. The average Bonchev–Trinajstić information content (AvgIpc) is 3.16. The quantitative estimate of drug-likeness (QED) is 0.760. The number of aliphatic hydroxyl groups excluding tert-OH is 1. The van der Waals surface area contributed by atoms with E-state index in [9.17, 15) is 9.90 Å². The number of aromatic nitrogens is 2. The summed E-state index contributed by atoms with van der Waals surface area (Å²) in [4.78, 5) is 14.5. The molecule has 1 fully saturated rings. The van der Waals surface area contributed by atoms with Gasteiger partial charge in [-0.05, 0) is 35.6 Å². The number of carbonyl (C=O) groups excluding carboxylic acids is 1. The third kappa shape index (κ3) is 4.83. The van der Waals surface area contributed by atoms with Crippen molar-refractivity contribution >= 4 is 11.7 Å². The van der Waals surface area contributed by atoms with Crippen LogP contribution in [0.3, 0.4) is 0 Å². The van der Waals surface area contributed by atoms with Crippen LogP contribution in [0.1, 0.15) is 36.1 Å². The largest absolute Gasteiger partial charge is 0.396 e. The van der Waals surface area contributed by atoms with E-state index in [1.807, 2.05) is 37.3 Å². The molecule has 1 amide bonds. The molecule has 1 aromatic heterocycles. The molecule has 2 N–H and O–H groups in total. The summed E-state index contributed by atoms with van der Waals surface area (Å²) in [6.45, 7) is 3.62. The first-order valence-corrected chi connectivity index (χ1v) is 9.13. The van der Waals surface area contributed by atoms with Crippen molar-refractivity contribution in [1.82, 2.24) is 15.5 Å². The zero-order valence-electron chi connectivity index (χ0n) is 15.4. The van der Waals surface area contributed by atoms with Gasteiger partial charge in [0.2, 0.25) is 5.91 Å². The van der Waals surface area contributed by atoms with Gasteiger partial charge in [-0.25, -0.2) is 0 Å². The van der Waals surface area contributed by atoms with Crippen molar-refractivity contribution < 1.29 is 9.90 Å². The third-order valence-electron chi connectivity index (χ3n) is 4.86. The van der Waals surface area contributed by atoms with Crippen LogP contribution in [0.15, 0.2) is 36.4 Å². The fourth-order valence-corrected chi connectivity index (χ4v) is 3.19. The molecular formula is C21H24N4O2. The van der Waals surface area contributed by atoms with Crippen LogP contribution in [0.5, 0.6) is 0 Å². The Kier molecular flexibility index (Phi) is 6.05. The number of nitrogens with one attached hydrogen (secondary N) is 1. The van der Waals surface area contributed by atoms with Crippen LogP contribution < -0.4 is 10.2 Å². The van der Waals surface area contributed by atoms with Gasteiger partial charge in [-0.3, -0.25) is 4.79 Å². The van der Waals surface area contributed by atoms with Crippen molar-refractivity contribution in [3.05, 3.63) is 53.2 Å². The van der Waals surface area contributed by atoms with E-state index in [1.165, 1.54) is 0 Å². The summed E-state index contributed by atoms with van der Waals surface area (Å²) in [5.41, 5.74) is 2.55. The average molecular weight is 364 g/mol. The molecule has 6 nitrogen and oxygen atoms in total. The maximum absolute atomic E-state index is 12.4. The maximum Gasteiger partial charge on any atom is 0.224 e. The number of aliphatic hydroxyl groups is 1. The van der Waals surface area contributed by atoms with Crippen LogP contribution in [-0.4, -0.2) is 46.9 Å². The second kappa shape index (κ2) is 8.65. The van der Waals surface area contributed by atoms with Gasteiger partial charge in [0.05, 0.1) is 6.42 Å². The van der Waals surface area contributed by atoms with E-state index < -0.39 is 0 Å². The molecule has 27 heavy (non-hydrogen) atoms. The van der Waals surface area contributed by atoms with Crippen molar-refractivity contribution in [2.45, 2.75) is 31.7 Å². The molecule has 1 aliphatic rings. The van der Waals surface area contributed by atoms with Crippen LogP contribution in [0.25, 0.3) is 0 Å². The third-order valence-corrected chi connectivity index (χ3v) is 4.86. The molecule has 3 rings (SSSR count). The minimum Gasteiger partial charge on any atom is -0.396 e. The standard InChI is InChI=1S/C21H24N4O2/c1-3-18-8-9-20(24-23-18)25-11-10-19(13-25)22-21(27)12-16-4-6-17(7-5-16)15(2)14-26/h1,4-9,15,19,26H,10-14H2,2H3,(H,22,27)/t15?,19-/m0/s1. The lowest BCUT2D eigenvalue weighted by Crippen LogP contribution is -2.38. The lowest BCUT2D eigenvalue weighted by atomic mass is 10.00. The Morgan fingerprint density at radius 1 is 1.33 bits per heavy atom. The van der Waals surface area contributed by atoms with E-state index in [0.717, 1.165) is 29.9 Å². The summed E-state index contributed by atoms with van der Waals surface area (Å²) in [6, 6.07) is 11.6. The van der Waals surface area contributed by atoms with Gasteiger partial charge >= 0.3 is 0 Å². The number of terminal acetylenes is 1. The van der Waals surface area contributed by atoms with Gasteiger partial charge in [0.15, 0.2) is 5.82 Å². The Hall–Kier alpha value is -2.91. The van der Waals surface area contributed by atoms with E-state index in [2.05, 4.69) is 26.3 Å². The van der Waals surface area contributed by atoms with Gasteiger partial charge in [-0.15, -0.1) is 16.6 Å². The Labute approximate surface area is 159 Å². The highest BCUT2D eigenvalue weighted by Gasteiger charge is 2.25. The minimum absolute atomic E-state index is 0.0126. The molecule has 0 aliphatic carbocycles. The first-order valence-electron chi connectivity index (χ1n) is 9.13. The van der Waals surface area contributed by atoms with Crippen LogP contribution in [0, 0.1) is 12.3 Å². The van der Waals surface area contributed by atoms with E-state index >= 15 is 0 Å². The fourth-order valence-electron chi connectivity index (χ4n) is 3.19. The van der Waals surface area contributed by atoms with Crippen molar-refractivity contribution in [2.75, 3.05) is 24.6 Å². The number of carbonyl (C=O) groups is 1. The summed E-state index contributed by atoms with van der Waals surface area (Å²) in [7, 11) is 0. The summed E-state index contributed by atoms with van der Waals surface area (Å²) in [5.74, 6) is 3.35. The van der Waals surface area contributed by atoms with Crippen LogP contribution in [-0.2, 0) is 11.2 Å². The monoisotopic (exact) mass is 364 g/mol. The van der Waals surface area contributed by atoms with Crippen molar-refractivity contribution in [2.24, 2.45) is 0 Å². The molecule has 140 valence electrons. The Morgan fingerprint density at radius 3 is 2.74 bits per heavy atom. The van der Waals surface area contributed by atoms with Gasteiger partial charge in [0, 0.05) is 31.7 Å². The van der Waals surface area contributed by atoms with Crippen LogP contribution in [0.4, 0.5) is 5.82 Å². The number of nitrogens with zero attached hydrogens (tertiary/aromatic N) is 3. The topological polar surface area (TPSA) is 78.4 Å². The van der Waals surface area contributed by atoms with Crippen molar-refractivity contribution in [3.8, 4) is 12.3 Å². The molecule has 2 heterocycles. The fraction of sp³-hybridized carbons (Fsp3) is 0.381. The van der Waals surface area contributed by atoms with E-state index in [1.54, 1.807) is 6.07 Å². The highest BCUT2D eigenvalue weighted by Crippen LogP contribution is 2.18. The summed E-state index contributed by atoms with van der Waals surface area (Å²) < 4.78 is 0. The molecule has 1 unspecified atom stereocenters. The Bertz CT molecular complexity index is 812. The smallest absolute Gasteiger partial charge is 0.224 e. The molecule has 0 radical (unpaired) electrons. The van der Waals surface area contributed by atoms with Gasteiger partial charge < -0.3 is 15.3 Å². The molecule has 6 heteroatoms. The van der Waals surface area contributed by atoms with Crippen LogP contribution in [0.2, 0.25) is 0 Å². The van der Waals surface area contributed by atoms with Crippen LogP contribution >= 0.6 is 0 Å². The second-order valence-electron chi connectivity index (χ2n) is 6.92. The maximum atomic E-state index is 12.4. The normalized spacial score (nSPS) is 17.4. The summed E-state index contributed by atoms with van der Waals surface area (Å²) in [5, 5.41) is 20.4. The predicted octanol–water partition coefficient (Wildman–Crippen LogP) is 1.49. The number of amides is 1. The molecule has 1 aliphatic heterocycles. The lowest BCUT2D eigenvalue weighted by Gasteiger charge is -2.17. The number of hydrogen-bond acceptors (Lipinski definition) is 5. The van der Waals surface area contributed by atoms with E-state index in [0.29, 0.717) is 18.7 Å². The molecule has 1 aromatic carbocycles. The Morgan fingerprint density at radius 2 is 2.11 bits per heavy atom. The molecule has 0 saturated carbocycles. The number of hydrogen-bond donors (Lipinski definition) is 2.